The molecule has 1 saturated heterocycles. The van der Waals surface area contributed by atoms with Crippen LogP contribution in [0.3, 0.4) is 0 Å². The Hall–Kier alpha value is -1.59. The molecule has 1 heterocycles. The standard InChI is InChI=1S/C21H27NO3S/c1-2-10-25-21(24)20-19(18(26)13-22-20)17(23)9-5-6-14-11-15-7-3-4-8-16(15)12-14/h3-4,7-8,14,19-20,22H,2,5-6,9-13H2,1H3/t19?,20-/m0/s1. The fourth-order valence-electron chi connectivity index (χ4n) is 4.08. The van der Waals surface area contributed by atoms with Gasteiger partial charge in [-0.1, -0.05) is 43.4 Å². The van der Waals surface area contributed by atoms with Crippen molar-refractivity contribution in [1.29, 1.82) is 0 Å². The first kappa shape index (κ1) is 19.2. The van der Waals surface area contributed by atoms with Crippen molar-refractivity contribution in [3.63, 3.8) is 0 Å². The lowest BCUT2D eigenvalue weighted by atomic mass is 9.90. The first-order chi connectivity index (χ1) is 12.6. The highest BCUT2D eigenvalue weighted by atomic mass is 32.1. The van der Waals surface area contributed by atoms with Gasteiger partial charge in [-0.3, -0.25) is 14.9 Å². The van der Waals surface area contributed by atoms with Crippen LogP contribution >= 0.6 is 12.2 Å². The number of carbonyl (C=O) groups excluding carboxylic acids is 2. The van der Waals surface area contributed by atoms with Crippen LogP contribution in [0, 0.1) is 11.8 Å². The van der Waals surface area contributed by atoms with Crippen molar-refractivity contribution < 1.29 is 14.3 Å². The van der Waals surface area contributed by atoms with Crippen molar-refractivity contribution in [3.05, 3.63) is 35.4 Å². The molecule has 1 aromatic rings. The van der Waals surface area contributed by atoms with E-state index in [-0.39, 0.29) is 11.8 Å². The summed E-state index contributed by atoms with van der Waals surface area (Å²) >= 11 is 5.34. The van der Waals surface area contributed by atoms with Crippen molar-refractivity contribution in [1.82, 2.24) is 5.32 Å². The van der Waals surface area contributed by atoms with Crippen LogP contribution in [0.15, 0.2) is 24.3 Å². The second-order valence-corrected chi connectivity index (χ2v) is 7.90. The summed E-state index contributed by atoms with van der Waals surface area (Å²) in [7, 11) is 0. The molecule has 3 rings (SSSR count). The van der Waals surface area contributed by atoms with Gasteiger partial charge in [-0.2, -0.15) is 0 Å². The van der Waals surface area contributed by atoms with E-state index in [1.807, 2.05) is 6.92 Å². The van der Waals surface area contributed by atoms with Crippen LogP contribution in [0.4, 0.5) is 0 Å². The smallest absolute Gasteiger partial charge is 0.324 e. The van der Waals surface area contributed by atoms with E-state index in [9.17, 15) is 9.59 Å². The molecule has 1 N–H and O–H groups in total. The molecule has 0 amide bonds. The number of fused-ring (bicyclic) bond motifs is 1. The van der Waals surface area contributed by atoms with E-state index in [1.54, 1.807) is 0 Å². The molecule has 4 nitrogen and oxygen atoms in total. The number of benzene rings is 1. The van der Waals surface area contributed by atoms with Crippen LogP contribution in [0.1, 0.15) is 43.7 Å². The highest BCUT2D eigenvalue weighted by Crippen LogP contribution is 2.30. The maximum Gasteiger partial charge on any atom is 0.324 e. The number of thiocarbonyl (C=S) groups is 1. The molecule has 0 bridgehead atoms. The first-order valence-electron chi connectivity index (χ1n) is 9.62. The van der Waals surface area contributed by atoms with Crippen LogP contribution in [0.5, 0.6) is 0 Å². The summed E-state index contributed by atoms with van der Waals surface area (Å²) in [4.78, 5) is 25.5. The normalized spacial score (nSPS) is 22.4. The van der Waals surface area contributed by atoms with Crippen molar-refractivity contribution in [2.45, 2.75) is 51.5 Å². The minimum absolute atomic E-state index is 0.0777. The largest absolute Gasteiger partial charge is 0.465 e. The van der Waals surface area contributed by atoms with Gasteiger partial charge in [-0.25, -0.2) is 0 Å². The van der Waals surface area contributed by atoms with Gasteiger partial charge in [0.2, 0.25) is 0 Å². The van der Waals surface area contributed by atoms with Gasteiger partial charge >= 0.3 is 5.97 Å². The van der Waals surface area contributed by atoms with E-state index in [2.05, 4.69) is 29.6 Å². The van der Waals surface area contributed by atoms with Crippen molar-refractivity contribution in [3.8, 4) is 0 Å². The molecular formula is C21H27NO3S. The second-order valence-electron chi connectivity index (χ2n) is 7.37. The average Bonchev–Trinajstić information content (AvgIpc) is 3.22. The molecule has 1 fully saturated rings. The number of carbonyl (C=O) groups is 2. The van der Waals surface area contributed by atoms with E-state index in [0.29, 0.717) is 30.4 Å². The Balaban J connectivity index is 1.48. The first-order valence-corrected chi connectivity index (χ1v) is 10.0. The van der Waals surface area contributed by atoms with E-state index >= 15 is 0 Å². The summed E-state index contributed by atoms with van der Waals surface area (Å²) in [5.74, 6) is -0.153. The number of esters is 1. The molecule has 26 heavy (non-hydrogen) atoms. The van der Waals surface area contributed by atoms with E-state index in [0.717, 1.165) is 32.1 Å². The van der Waals surface area contributed by atoms with Crippen molar-refractivity contribution in [2.24, 2.45) is 11.8 Å². The Labute approximate surface area is 160 Å². The maximum atomic E-state index is 12.7. The fourth-order valence-corrected chi connectivity index (χ4v) is 4.43. The molecule has 0 spiro atoms. The van der Waals surface area contributed by atoms with Gasteiger partial charge in [-0.15, -0.1) is 0 Å². The Morgan fingerprint density at radius 1 is 1.23 bits per heavy atom. The highest BCUT2D eigenvalue weighted by Gasteiger charge is 2.41. The predicted molar refractivity (Wildman–Crippen MR) is 105 cm³/mol. The number of nitrogens with one attached hydrogen (secondary N) is 1. The minimum Gasteiger partial charge on any atom is -0.465 e. The highest BCUT2D eigenvalue weighted by molar-refractivity contribution is 7.80. The quantitative estimate of drug-likeness (QED) is 0.561. The Bertz CT molecular complexity index is 663. The second kappa shape index (κ2) is 8.87. The number of ether oxygens (including phenoxy) is 1. The van der Waals surface area contributed by atoms with Gasteiger partial charge in [0.1, 0.15) is 11.8 Å². The Kier molecular flexibility index (Phi) is 6.54. The van der Waals surface area contributed by atoms with Gasteiger partial charge in [0.15, 0.2) is 0 Å². The third-order valence-electron chi connectivity index (χ3n) is 5.40. The molecule has 0 radical (unpaired) electrons. The molecule has 2 atom stereocenters. The molecule has 0 saturated carbocycles. The molecular weight excluding hydrogens is 346 g/mol. The van der Waals surface area contributed by atoms with Gasteiger partial charge in [0.05, 0.1) is 12.5 Å². The maximum absolute atomic E-state index is 12.7. The van der Waals surface area contributed by atoms with Gasteiger partial charge < -0.3 is 4.74 Å². The number of ketones is 1. The summed E-state index contributed by atoms with van der Waals surface area (Å²) < 4.78 is 5.21. The summed E-state index contributed by atoms with van der Waals surface area (Å²) in [5, 5.41) is 3.05. The van der Waals surface area contributed by atoms with Crippen LogP contribution in [0.25, 0.3) is 0 Å². The van der Waals surface area contributed by atoms with Crippen molar-refractivity contribution in [2.75, 3.05) is 13.2 Å². The van der Waals surface area contributed by atoms with Crippen LogP contribution in [-0.4, -0.2) is 35.8 Å². The number of hydrogen-bond acceptors (Lipinski definition) is 5. The van der Waals surface area contributed by atoms with E-state index in [4.69, 9.17) is 17.0 Å². The Morgan fingerprint density at radius 2 is 1.92 bits per heavy atom. The summed E-state index contributed by atoms with van der Waals surface area (Å²) in [6, 6.07) is 8.00. The van der Waals surface area contributed by atoms with Gasteiger partial charge in [-0.05, 0) is 49.1 Å². The third kappa shape index (κ3) is 4.38. The zero-order valence-electron chi connectivity index (χ0n) is 15.3. The Morgan fingerprint density at radius 3 is 2.58 bits per heavy atom. The lowest BCUT2D eigenvalue weighted by Gasteiger charge is -2.17. The monoisotopic (exact) mass is 373 g/mol. The molecule has 1 aliphatic heterocycles. The SMILES string of the molecule is CCCOC(=O)[C@H]1NCC(=S)C1C(=O)CCCC1Cc2ccccc2C1. The third-order valence-corrected chi connectivity index (χ3v) is 5.80. The fraction of sp³-hybridized carbons (Fsp3) is 0.571. The van der Waals surface area contributed by atoms with Crippen LogP contribution in [-0.2, 0) is 27.2 Å². The molecule has 2 aliphatic rings. The zero-order valence-corrected chi connectivity index (χ0v) is 16.1. The summed E-state index contributed by atoms with van der Waals surface area (Å²) in [6.07, 6.45) is 5.37. The van der Waals surface area contributed by atoms with Gasteiger partial charge in [0, 0.05) is 17.8 Å². The lowest BCUT2D eigenvalue weighted by Crippen LogP contribution is -2.41. The predicted octanol–water partition coefficient (Wildman–Crippen LogP) is 3.05. The van der Waals surface area contributed by atoms with Crippen molar-refractivity contribution >= 4 is 28.8 Å². The van der Waals surface area contributed by atoms with Crippen LogP contribution < -0.4 is 5.32 Å². The summed E-state index contributed by atoms with van der Waals surface area (Å²) in [6.45, 7) is 2.77. The lowest BCUT2D eigenvalue weighted by molar-refractivity contribution is -0.148. The summed E-state index contributed by atoms with van der Waals surface area (Å²) in [5.41, 5.74) is 2.90. The number of hydrogen-bond donors (Lipinski definition) is 1. The number of Topliss-reactive ketones (excluding diaryl/α,β-unsaturated/α-hetero) is 1. The topological polar surface area (TPSA) is 55.4 Å². The zero-order chi connectivity index (χ0) is 18.5. The molecule has 5 heteroatoms. The number of rotatable bonds is 8. The van der Waals surface area contributed by atoms with E-state index < -0.39 is 12.0 Å². The van der Waals surface area contributed by atoms with Gasteiger partial charge in [0.25, 0.3) is 0 Å². The van der Waals surface area contributed by atoms with Crippen LogP contribution in [0.2, 0.25) is 0 Å². The molecule has 1 unspecified atom stereocenters. The average molecular weight is 374 g/mol. The molecule has 1 aliphatic carbocycles. The molecule has 140 valence electrons. The molecule has 1 aromatic carbocycles. The molecule has 0 aromatic heterocycles. The van der Waals surface area contributed by atoms with E-state index in [1.165, 1.54) is 11.1 Å². The minimum atomic E-state index is -0.600.